The molecule has 0 spiro atoms. The van der Waals surface area contributed by atoms with Gasteiger partial charge in [-0.05, 0) is 24.3 Å². The molecule has 0 unspecified atom stereocenters. The van der Waals surface area contributed by atoms with Gasteiger partial charge in [-0.25, -0.2) is 17.2 Å². The lowest BCUT2D eigenvalue weighted by Gasteiger charge is -2.09. The summed E-state index contributed by atoms with van der Waals surface area (Å²) in [5.74, 6) is -2.07. The van der Waals surface area contributed by atoms with Crippen LogP contribution in [0.15, 0.2) is 47.4 Å². The monoisotopic (exact) mass is 285 g/mol. The number of rotatable bonds is 3. The average Bonchev–Trinajstić information content (AvgIpc) is 2.33. The minimum Gasteiger partial charge on any atom is -0.508 e. The van der Waals surface area contributed by atoms with Gasteiger partial charge in [0, 0.05) is 12.1 Å². The smallest absolute Gasteiger partial charge is 0.262 e. The quantitative estimate of drug-likeness (QED) is 0.910. The van der Waals surface area contributed by atoms with Gasteiger partial charge in [0.15, 0.2) is 0 Å². The molecule has 0 atom stereocenters. The maximum Gasteiger partial charge on any atom is 0.262 e. The Labute approximate surface area is 108 Å². The maximum absolute atomic E-state index is 13.4. The fourth-order valence-electron chi connectivity index (χ4n) is 1.43. The number of aromatic hydroxyl groups is 1. The van der Waals surface area contributed by atoms with Gasteiger partial charge in [-0.3, -0.25) is 4.72 Å². The van der Waals surface area contributed by atoms with Crippen LogP contribution >= 0.6 is 0 Å². The molecule has 0 bridgehead atoms. The molecule has 2 aromatic rings. The fraction of sp³-hybridized carbons (Fsp3) is 0. The largest absolute Gasteiger partial charge is 0.508 e. The third-order valence-electron chi connectivity index (χ3n) is 2.30. The highest BCUT2D eigenvalue weighted by Gasteiger charge is 2.16. The Kier molecular flexibility index (Phi) is 3.39. The zero-order chi connectivity index (χ0) is 14.0. The molecular formula is C12H9F2NO3S. The summed E-state index contributed by atoms with van der Waals surface area (Å²) < 4.78 is 51.9. The Morgan fingerprint density at radius 1 is 1.05 bits per heavy atom. The van der Waals surface area contributed by atoms with Crippen LogP contribution in [0.4, 0.5) is 14.5 Å². The van der Waals surface area contributed by atoms with Gasteiger partial charge in [0.25, 0.3) is 10.0 Å². The van der Waals surface area contributed by atoms with Crippen LogP contribution in [0.1, 0.15) is 0 Å². The van der Waals surface area contributed by atoms with Crippen LogP contribution in [0.2, 0.25) is 0 Å². The Balaban J connectivity index is 2.36. The molecule has 19 heavy (non-hydrogen) atoms. The molecule has 4 nitrogen and oxygen atoms in total. The Morgan fingerprint density at radius 3 is 2.42 bits per heavy atom. The third-order valence-corrected chi connectivity index (χ3v) is 3.67. The molecule has 0 aliphatic heterocycles. The Morgan fingerprint density at radius 2 is 1.79 bits per heavy atom. The number of sulfonamides is 1. The second-order valence-electron chi connectivity index (χ2n) is 3.73. The highest BCUT2D eigenvalue weighted by Crippen LogP contribution is 2.21. The predicted molar refractivity (Wildman–Crippen MR) is 65.3 cm³/mol. The molecule has 0 saturated carbocycles. The number of halogens is 2. The van der Waals surface area contributed by atoms with Gasteiger partial charge in [-0.1, -0.05) is 6.07 Å². The number of phenols is 1. The second kappa shape index (κ2) is 4.85. The average molecular weight is 285 g/mol. The SMILES string of the molecule is O=S(=O)(Nc1ccc(F)cc1F)c1cccc(O)c1. The molecule has 0 aliphatic carbocycles. The van der Waals surface area contributed by atoms with E-state index in [2.05, 4.69) is 0 Å². The van der Waals surface area contributed by atoms with Crippen LogP contribution in [0.5, 0.6) is 5.75 Å². The van der Waals surface area contributed by atoms with E-state index in [9.17, 15) is 22.3 Å². The lowest BCUT2D eigenvalue weighted by atomic mass is 10.3. The van der Waals surface area contributed by atoms with Crippen molar-refractivity contribution in [1.82, 2.24) is 0 Å². The van der Waals surface area contributed by atoms with Crippen LogP contribution in [-0.4, -0.2) is 13.5 Å². The standard InChI is InChI=1S/C12H9F2NO3S/c13-8-4-5-12(11(14)6-8)15-19(17,18)10-3-1-2-9(16)7-10/h1-7,15-16H. The molecule has 0 aromatic heterocycles. The Hall–Kier alpha value is -2.15. The van der Waals surface area contributed by atoms with Crippen molar-refractivity contribution in [2.24, 2.45) is 0 Å². The molecule has 2 aromatic carbocycles. The molecule has 0 radical (unpaired) electrons. The van der Waals surface area contributed by atoms with Gasteiger partial charge in [-0.15, -0.1) is 0 Å². The van der Waals surface area contributed by atoms with E-state index >= 15 is 0 Å². The second-order valence-corrected chi connectivity index (χ2v) is 5.41. The van der Waals surface area contributed by atoms with Crippen molar-refractivity contribution in [2.45, 2.75) is 4.90 Å². The van der Waals surface area contributed by atoms with Gasteiger partial charge in [0.1, 0.15) is 17.4 Å². The lowest BCUT2D eigenvalue weighted by molar-refractivity contribution is 0.473. The van der Waals surface area contributed by atoms with Gasteiger partial charge < -0.3 is 5.11 Å². The van der Waals surface area contributed by atoms with Crippen LogP contribution in [-0.2, 0) is 10.0 Å². The van der Waals surface area contributed by atoms with Crippen molar-refractivity contribution < 1.29 is 22.3 Å². The molecule has 0 fully saturated rings. The maximum atomic E-state index is 13.4. The summed E-state index contributed by atoms with van der Waals surface area (Å²) in [6, 6.07) is 7.38. The minimum atomic E-state index is -4.04. The zero-order valence-electron chi connectivity index (χ0n) is 9.47. The first-order valence-corrected chi connectivity index (χ1v) is 6.64. The molecule has 7 heteroatoms. The molecule has 0 saturated heterocycles. The highest BCUT2D eigenvalue weighted by molar-refractivity contribution is 7.92. The molecule has 0 aliphatic rings. The third kappa shape index (κ3) is 3.00. The molecule has 100 valence electrons. The molecular weight excluding hydrogens is 276 g/mol. The van der Waals surface area contributed by atoms with E-state index < -0.39 is 21.7 Å². The number of phenolic OH excluding ortho intramolecular Hbond substituents is 1. The fourth-order valence-corrected chi connectivity index (χ4v) is 2.53. The lowest BCUT2D eigenvalue weighted by Crippen LogP contribution is -2.13. The van der Waals surface area contributed by atoms with Crippen molar-refractivity contribution in [3.8, 4) is 5.75 Å². The van der Waals surface area contributed by atoms with Crippen LogP contribution in [0, 0.1) is 11.6 Å². The summed E-state index contributed by atoms with van der Waals surface area (Å²) in [6.07, 6.45) is 0. The van der Waals surface area contributed by atoms with E-state index in [0.29, 0.717) is 6.07 Å². The highest BCUT2D eigenvalue weighted by atomic mass is 32.2. The first-order chi connectivity index (χ1) is 8.88. The Bertz CT molecular complexity index is 717. The zero-order valence-corrected chi connectivity index (χ0v) is 10.3. The van der Waals surface area contributed by atoms with E-state index in [1.807, 2.05) is 4.72 Å². The molecule has 2 rings (SSSR count). The number of nitrogens with one attached hydrogen (secondary N) is 1. The first kappa shape index (κ1) is 13.3. The molecule has 0 amide bonds. The first-order valence-electron chi connectivity index (χ1n) is 5.15. The van der Waals surface area contributed by atoms with E-state index in [0.717, 1.165) is 18.2 Å². The normalized spacial score (nSPS) is 11.3. The molecule has 0 heterocycles. The van der Waals surface area contributed by atoms with Crippen LogP contribution < -0.4 is 4.72 Å². The van der Waals surface area contributed by atoms with E-state index in [4.69, 9.17) is 0 Å². The minimum absolute atomic E-state index is 0.226. The van der Waals surface area contributed by atoms with Crippen LogP contribution in [0.3, 0.4) is 0 Å². The van der Waals surface area contributed by atoms with Gasteiger partial charge >= 0.3 is 0 Å². The summed E-state index contributed by atoms with van der Waals surface area (Å²) >= 11 is 0. The van der Waals surface area contributed by atoms with Crippen molar-refractivity contribution in [2.75, 3.05) is 4.72 Å². The summed E-state index contributed by atoms with van der Waals surface area (Å²) in [4.78, 5) is -0.226. The predicted octanol–water partition coefficient (Wildman–Crippen LogP) is 2.47. The van der Waals surface area contributed by atoms with Gasteiger partial charge in [-0.2, -0.15) is 0 Å². The summed E-state index contributed by atoms with van der Waals surface area (Å²) in [6.45, 7) is 0. The number of hydrogen-bond acceptors (Lipinski definition) is 3. The van der Waals surface area contributed by atoms with E-state index in [1.54, 1.807) is 0 Å². The van der Waals surface area contributed by atoms with Crippen molar-refractivity contribution in [3.05, 3.63) is 54.1 Å². The van der Waals surface area contributed by atoms with Crippen molar-refractivity contribution in [3.63, 3.8) is 0 Å². The van der Waals surface area contributed by atoms with Crippen molar-refractivity contribution in [1.29, 1.82) is 0 Å². The topological polar surface area (TPSA) is 66.4 Å². The van der Waals surface area contributed by atoms with Crippen LogP contribution in [0.25, 0.3) is 0 Å². The summed E-state index contributed by atoms with van der Waals surface area (Å²) in [7, 11) is -4.04. The number of anilines is 1. The summed E-state index contributed by atoms with van der Waals surface area (Å²) in [5.41, 5.74) is -0.371. The van der Waals surface area contributed by atoms with Crippen molar-refractivity contribution >= 4 is 15.7 Å². The molecule has 2 N–H and O–H groups in total. The number of benzene rings is 2. The number of hydrogen-bond donors (Lipinski definition) is 2. The van der Waals surface area contributed by atoms with Gasteiger partial charge in [0.2, 0.25) is 0 Å². The van der Waals surface area contributed by atoms with E-state index in [1.165, 1.54) is 18.2 Å². The summed E-state index contributed by atoms with van der Waals surface area (Å²) in [5, 5.41) is 9.22. The van der Waals surface area contributed by atoms with E-state index in [-0.39, 0.29) is 16.3 Å². The van der Waals surface area contributed by atoms with Gasteiger partial charge in [0.05, 0.1) is 10.6 Å².